The Morgan fingerprint density at radius 2 is 2.31 bits per heavy atom. The molecule has 0 aliphatic heterocycles. The number of imidazole rings is 1. The molecule has 0 amide bonds. The van der Waals surface area contributed by atoms with Crippen molar-refractivity contribution in [3.63, 3.8) is 0 Å². The molecule has 0 saturated heterocycles. The Hall–Kier alpha value is -0.900. The van der Waals surface area contributed by atoms with Crippen LogP contribution in [-0.2, 0) is 0 Å². The van der Waals surface area contributed by atoms with Gasteiger partial charge in [0.05, 0.1) is 11.9 Å². The molecule has 1 saturated carbocycles. The molecule has 2 aromatic rings. The maximum Gasteiger partial charge on any atom is 0.156 e. The van der Waals surface area contributed by atoms with Crippen LogP contribution in [0.15, 0.2) is 23.2 Å². The van der Waals surface area contributed by atoms with Gasteiger partial charge in [-0.15, -0.1) is 0 Å². The molecule has 1 aliphatic carbocycles. The monoisotopic (exact) mass is 237 g/mol. The van der Waals surface area contributed by atoms with Crippen LogP contribution < -0.4 is 0 Å². The van der Waals surface area contributed by atoms with Crippen LogP contribution in [0.5, 0.6) is 0 Å². The first-order chi connectivity index (χ1) is 6.36. The molecule has 13 heavy (non-hydrogen) atoms. The molecule has 0 radical (unpaired) electrons. The Kier molecular flexibility index (Phi) is 1.47. The van der Waals surface area contributed by atoms with E-state index in [1.807, 2.05) is 10.6 Å². The van der Waals surface area contributed by atoms with E-state index in [-0.39, 0.29) is 0 Å². The largest absolute Gasteiger partial charge is 0.291 e. The summed E-state index contributed by atoms with van der Waals surface area (Å²) in [6.07, 6.45) is 8.04. The van der Waals surface area contributed by atoms with Gasteiger partial charge in [-0.05, 0) is 28.8 Å². The van der Waals surface area contributed by atoms with E-state index in [9.17, 15) is 0 Å². The van der Waals surface area contributed by atoms with Gasteiger partial charge in [0.2, 0.25) is 0 Å². The van der Waals surface area contributed by atoms with Crippen molar-refractivity contribution < 1.29 is 0 Å². The fraction of sp³-hybridized carbons (Fsp3) is 0.333. The van der Waals surface area contributed by atoms with E-state index < -0.39 is 0 Å². The van der Waals surface area contributed by atoms with Crippen molar-refractivity contribution >= 4 is 21.6 Å². The van der Waals surface area contributed by atoms with E-state index in [4.69, 9.17) is 0 Å². The lowest BCUT2D eigenvalue weighted by Crippen LogP contribution is -1.84. The zero-order chi connectivity index (χ0) is 8.84. The van der Waals surface area contributed by atoms with Crippen molar-refractivity contribution in [1.29, 1.82) is 0 Å². The highest BCUT2D eigenvalue weighted by atomic mass is 79.9. The van der Waals surface area contributed by atoms with Gasteiger partial charge in [0.25, 0.3) is 0 Å². The normalized spacial score (nSPS) is 16.7. The Balaban J connectivity index is 2.30. The van der Waals surface area contributed by atoms with Gasteiger partial charge in [-0.2, -0.15) is 0 Å². The van der Waals surface area contributed by atoms with E-state index in [2.05, 4.69) is 25.9 Å². The summed E-state index contributed by atoms with van der Waals surface area (Å²) in [4.78, 5) is 8.57. The summed E-state index contributed by atoms with van der Waals surface area (Å²) in [5.41, 5.74) is 2.12. The van der Waals surface area contributed by atoms with Gasteiger partial charge in [0.15, 0.2) is 5.65 Å². The molecule has 0 unspecified atom stereocenters. The van der Waals surface area contributed by atoms with Crippen molar-refractivity contribution in [3.05, 3.63) is 28.9 Å². The number of nitrogens with zero attached hydrogens (tertiary/aromatic N) is 3. The highest BCUT2D eigenvalue weighted by Crippen LogP contribution is 2.42. The predicted octanol–water partition coefficient (Wildman–Crippen LogP) is 2.37. The molecule has 3 rings (SSSR count). The molecule has 1 aliphatic rings. The maximum absolute atomic E-state index is 4.53. The van der Waals surface area contributed by atoms with Crippen LogP contribution >= 0.6 is 15.9 Å². The smallest absolute Gasteiger partial charge is 0.156 e. The summed E-state index contributed by atoms with van der Waals surface area (Å²) >= 11 is 3.57. The molecular weight excluding hydrogens is 230 g/mol. The lowest BCUT2D eigenvalue weighted by Gasteiger charge is -1.92. The quantitative estimate of drug-likeness (QED) is 0.763. The summed E-state index contributed by atoms with van der Waals surface area (Å²) < 4.78 is 3.12. The summed E-state index contributed by atoms with van der Waals surface area (Å²) in [6, 6.07) is 0. The van der Waals surface area contributed by atoms with Crippen molar-refractivity contribution in [3.8, 4) is 0 Å². The minimum absolute atomic E-state index is 0.675. The van der Waals surface area contributed by atoms with E-state index in [1.54, 1.807) is 12.4 Å². The first-order valence-electron chi connectivity index (χ1n) is 4.34. The van der Waals surface area contributed by atoms with Gasteiger partial charge < -0.3 is 0 Å². The Morgan fingerprint density at radius 3 is 3.00 bits per heavy atom. The third kappa shape index (κ3) is 1.09. The van der Waals surface area contributed by atoms with Gasteiger partial charge in [-0.3, -0.25) is 9.38 Å². The molecule has 0 N–H and O–H groups in total. The second-order valence-corrected chi connectivity index (χ2v) is 4.12. The molecule has 2 heterocycles. The Labute approximate surface area is 83.9 Å². The van der Waals surface area contributed by atoms with Gasteiger partial charge in [0.1, 0.15) is 4.60 Å². The van der Waals surface area contributed by atoms with Crippen molar-refractivity contribution in [2.24, 2.45) is 0 Å². The van der Waals surface area contributed by atoms with Crippen molar-refractivity contribution in [2.45, 2.75) is 18.8 Å². The fourth-order valence-corrected chi connectivity index (χ4v) is 2.22. The number of fused-ring (bicyclic) bond motifs is 1. The first kappa shape index (κ1) is 7.50. The molecule has 3 nitrogen and oxygen atoms in total. The van der Waals surface area contributed by atoms with Gasteiger partial charge in [-0.25, -0.2) is 4.98 Å². The summed E-state index contributed by atoms with van der Waals surface area (Å²) in [5.74, 6) is 0.675. The second kappa shape index (κ2) is 2.54. The Morgan fingerprint density at radius 1 is 1.46 bits per heavy atom. The van der Waals surface area contributed by atoms with Crippen LogP contribution in [0, 0.1) is 0 Å². The van der Waals surface area contributed by atoms with Crippen LogP contribution in [0.4, 0.5) is 0 Å². The summed E-state index contributed by atoms with van der Waals surface area (Å²) in [5, 5.41) is 0. The summed E-state index contributed by atoms with van der Waals surface area (Å²) in [6.45, 7) is 0. The minimum atomic E-state index is 0.675. The number of hydrogen-bond acceptors (Lipinski definition) is 2. The average molecular weight is 238 g/mol. The van der Waals surface area contributed by atoms with Crippen molar-refractivity contribution in [2.75, 3.05) is 0 Å². The van der Waals surface area contributed by atoms with Crippen LogP contribution in [-0.4, -0.2) is 14.4 Å². The lowest BCUT2D eigenvalue weighted by molar-refractivity contribution is 1.03. The number of rotatable bonds is 1. The van der Waals surface area contributed by atoms with Crippen LogP contribution in [0.3, 0.4) is 0 Å². The molecule has 66 valence electrons. The topological polar surface area (TPSA) is 30.2 Å². The minimum Gasteiger partial charge on any atom is -0.291 e. The fourth-order valence-electron chi connectivity index (χ4n) is 1.51. The highest BCUT2D eigenvalue weighted by Gasteiger charge is 2.29. The first-order valence-corrected chi connectivity index (χ1v) is 5.13. The molecule has 2 aromatic heterocycles. The van der Waals surface area contributed by atoms with Crippen LogP contribution in [0.25, 0.3) is 5.65 Å². The third-order valence-corrected chi connectivity index (χ3v) is 3.15. The van der Waals surface area contributed by atoms with Gasteiger partial charge >= 0.3 is 0 Å². The van der Waals surface area contributed by atoms with E-state index in [0.717, 1.165) is 10.3 Å². The third-order valence-electron chi connectivity index (χ3n) is 2.36. The molecule has 1 fully saturated rings. The maximum atomic E-state index is 4.53. The standard InChI is InChI=1S/C9H8BrN3/c10-9-8(6-1-2-6)12-7-5-11-3-4-13(7)9/h3-6H,1-2H2. The molecular formula is C9H8BrN3. The van der Waals surface area contributed by atoms with E-state index in [1.165, 1.54) is 18.5 Å². The second-order valence-electron chi connectivity index (χ2n) is 3.37. The average Bonchev–Trinajstić information content (AvgIpc) is 2.94. The summed E-state index contributed by atoms with van der Waals surface area (Å²) in [7, 11) is 0. The zero-order valence-corrected chi connectivity index (χ0v) is 8.53. The SMILES string of the molecule is Brc1c(C2CC2)nc2cnccn12. The van der Waals surface area contributed by atoms with E-state index in [0.29, 0.717) is 5.92 Å². The van der Waals surface area contributed by atoms with E-state index >= 15 is 0 Å². The lowest BCUT2D eigenvalue weighted by atomic mass is 10.3. The molecule has 0 spiro atoms. The molecule has 0 bridgehead atoms. The predicted molar refractivity (Wildman–Crippen MR) is 52.7 cm³/mol. The van der Waals surface area contributed by atoms with Crippen LogP contribution in [0.1, 0.15) is 24.5 Å². The number of hydrogen-bond donors (Lipinski definition) is 0. The van der Waals surface area contributed by atoms with Crippen molar-refractivity contribution in [1.82, 2.24) is 14.4 Å². The van der Waals surface area contributed by atoms with Gasteiger partial charge in [0, 0.05) is 18.3 Å². The van der Waals surface area contributed by atoms with Crippen LogP contribution in [0.2, 0.25) is 0 Å². The van der Waals surface area contributed by atoms with Gasteiger partial charge in [-0.1, -0.05) is 0 Å². The molecule has 4 heteroatoms. The highest BCUT2D eigenvalue weighted by molar-refractivity contribution is 9.10. The Bertz CT molecular complexity index is 459. The molecule has 0 atom stereocenters. The zero-order valence-electron chi connectivity index (χ0n) is 6.94. The number of halogens is 1. The molecule has 0 aromatic carbocycles. The number of aromatic nitrogens is 3.